The molecule has 0 radical (unpaired) electrons. The van der Waals surface area contributed by atoms with Crippen LogP contribution in [0.2, 0.25) is 0 Å². The number of quaternary nitrogens is 1. The van der Waals surface area contributed by atoms with Gasteiger partial charge in [-0.1, -0.05) is 18.4 Å². The minimum atomic E-state index is -0.910. The van der Waals surface area contributed by atoms with E-state index in [1.54, 1.807) is 29.8 Å². The molecule has 0 bridgehead atoms. The van der Waals surface area contributed by atoms with E-state index in [2.05, 4.69) is 31.3 Å². The molecule has 9 atom stereocenters. The molecule has 4 aliphatic heterocycles. The molecule has 1 amide bonds. The van der Waals surface area contributed by atoms with Gasteiger partial charge < -0.3 is 37.3 Å². The van der Waals surface area contributed by atoms with Crippen LogP contribution < -0.4 is 43.6 Å². The maximum Gasteiger partial charge on any atom is 0.226 e. The smallest absolute Gasteiger partial charge is 0.226 e. The number of nitrogens with one attached hydrogen (secondary N) is 4. The maximum absolute atomic E-state index is 13.0. The number of primary amides is 1. The Hall–Kier alpha value is -1.14. The number of rotatable bonds is 11. The van der Waals surface area contributed by atoms with E-state index in [-0.39, 0.29) is 34.5 Å². The van der Waals surface area contributed by atoms with Crippen molar-refractivity contribution in [2.24, 2.45) is 29.0 Å². The Morgan fingerprint density at radius 2 is 2.02 bits per heavy atom. The van der Waals surface area contributed by atoms with Gasteiger partial charge in [-0.15, -0.1) is 11.8 Å². The van der Waals surface area contributed by atoms with Gasteiger partial charge in [-0.2, -0.15) is 0 Å². The van der Waals surface area contributed by atoms with Gasteiger partial charge in [-0.05, 0) is 19.3 Å². The number of thioether (sulfide) groups is 1. The van der Waals surface area contributed by atoms with Crippen molar-refractivity contribution >= 4 is 35.4 Å². The number of allylic oxidation sites excluding steroid dienone is 1. The molecule has 5 rings (SSSR count). The van der Waals surface area contributed by atoms with E-state index in [4.69, 9.17) is 26.7 Å². The first kappa shape index (κ1) is 30.3. The second-order valence-corrected chi connectivity index (χ2v) is 13.7. The van der Waals surface area contributed by atoms with Crippen LogP contribution in [0.1, 0.15) is 32.1 Å². The fourth-order valence-electron chi connectivity index (χ4n) is 6.40. The molecule has 7 unspecified atom stereocenters. The summed E-state index contributed by atoms with van der Waals surface area (Å²) in [5.74, 6) is 0.462. The molecule has 1 saturated carbocycles. The van der Waals surface area contributed by atoms with Gasteiger partial charge in [0.15, 0.2) is 11.7 Å². The summed E-state index contributed by atoms with van der Waals surface area (Å²) in [6.07, 6.45) is 5.45. The first-order chi connectivity index (χ1) is 19.3. The highest BCUT2D eigenvalue weighted by atomic mass is 32.2. The number of nitrogens with zero attached hydrogens (tertiary/aromatic N) is 1. The second kappa shape index (κ2) is 13.9. The quantitative estimate of drug-likeness (QED) is 0.0888. The molecule has 0 spiro atoms. The number of carbonyl (C=O) groups is 2. The van der Waals surface area contributed by atoms with Crippen LogP contribution in [-0.4, -0.2) is 103 Å². The van der Waals surface area contributed by atoms with E-state index in [0.29, 0.717) is 37.8 Å². The second-order valence-electron chi connectivity index (χ2n) is 11.4. The number of nitrogens with two attached hydrogens (primary N) is 3. The summed E-state index contributed by atoms with van der Waals surface area (Å²) < 4.78 is 15.5. The molecule has 0 aromatic carbocycles. The Labute approximate surface area is 244 Å². The number of ether oxygens (including phenoxy) is 2. The first-order valence-corrected chi connectivity index (χ1v) is 16.4. The number of amides is 1. The van der Waals surface area contributed by atoms with Gasteiger partial charge in [-0.25, -0.2) is 0 Å². The number of hydrogen-bond donors (Lipinski definition) is 8. The van der Waals surface area contributed by atoms with Crippen molar-refractivity contribution in [3.8, 4) is 0 Å². The van der Waals surface area contributed by atoms with Gasteiger partial charge in [-0.3, -0.25) is 30.3 Å². The standard InChI is InChI=1S/C25H45N9O4S2/c26-14-3-1-2-4-15(14)30-12-31-25(20(23(27)28)24(29)36)32-18-9-16(33-40-18)13-11-39-22-17(35)10-19(38-21(13)22)34-5-7-37-8-6-34/h10,13-16,18,20-23,25,30-33H,1-9,11-12,26-28H2,(H2,29,36)/p+1/t13?,14-,15+,16?,18?,20?,21?,22?,25?/m1/s1. The Balaban J connectivity index is 1.19. The summed E-state index contributed by atoms with van der Waals surface area (Å²) >= 11 is 3.26. The van der Waals surface area contributed by atoms with Crippen LogP contribution in [0, 0.1) is 11.8 Å². The third kappa shape index (κ3) is 7.07. The molecule has 0 aromatic rings. The van der Waals surface area contributed by atoms with E-state index >= 15 is 0 Å². The van der Waals surface area contributed by atoms with E-state index in [0.717, 1.165) is 38.1 Å². The average Bonchev–Trinajstić information content (AvgIpc) is 3.57. The monoisotopic (exact) mass is 600 g/mol. The third-order valence-electron chi connectivity index (χ3n) is 8.72. The zero-order valence-electron chi connectivity index (χ0n) is 23.0. The number of morpholine rings is 1. The van der Waals surface area contributed by atoms with E-state index in [1.807, 2.05) is 0 Å². The lowest BCUT2D eigenvalue weighted by atomic mass is 9.89. The zero-order chi connectivity index (χ0) is 28.2. The van der Waals surface area contributed by atoms with E-state index in [1.165, 1.54) is 12.8 Å². The predicted molar refractivity (Wildman–Crippen MR) is 155 cm³/mol. The summed E-state index contributed by atoms with van der Waals surface area (Å²) in [7, 11) is 0. The van der Waals surface area contributed by atoms with Crippen LogP contribution in [0.4, 0.5) is 0 Å². The van der Waals surface area contributed by atoms with Crippen LogP contribution in [0.25, 0.3) is 0 Å². The number of fused-ring (bicyclic) bond motifs is 1. The van der Waals surface area contributed by atoms with Crippen LogP contribution in [0.5, 0.6) is 0 Å². The van der Waals surface area contributed by atoms with Crippen molar-refractivity contribution in [2.75, 3.05) is 38.7 Å². The fraction of sp³-hybridized carbons (Fsp3) is 0.840. The summed E-state index contributed by atoms with van der Waals surface area (Å²) in [5, 5.41) is 10.3. The van der Waals surface area contributed by atoms with E-state index in [9.17, 15) is 9.59 Å². The van der Waals surface area contributed by atoms with Gasteiger partial charge in [0, 0.05) is 50.0 Å². The van der Waals surface area contributed by atoms with Crippen molar-refractivity contribution in [3.05, 3.63) is 12.0 Å². The fourth-order valence-corrected chi connectivity index (χ4v) is 9.06. The van der Waals surface area contributed by atoms with Crippen molar-refractivity contribution in [3.63, 3.8) is 0 Å². The van der Waals surface area contributed by atoms with Crippen molar-refractivity contribution in [1.29, 1.82) is 0 Å². The summed E-state index contributed by atoms with van der Waals surface area (Å²) in [6.45, 7) is 3.20. The molecule has 13 N–H and O–H groups in total. The molecule has 1 aliphatic carbocycles. The molecule has 226 valence electrons. The summed E-state index contributed by atoms with van der Waals surface area (Å²) in [5.41, 5.74) is 22.0. The highest BCUT2D eigenvalue weighted by Crippen LogP contribution is 2.43. The average molecular weight is 601 g/mol. The normalized spacial score (nSPS) is 36.2. The lowest BCUT2D eigenvalue weighted by molar-refractivity contribution is -0.431. The van der Waals surface area contributed by atoms with Crippen molar-refractivity contribution in [2.45, 2.75) is 79.3 Å². The van der Waals surface area contributed by atoms with Crippen molar-refractivity contribution < 1.29 is 24.8 Å². The van der Waals surface area contributed by atoms with E-state index < -0.39 is 24.2 Å². The van der Waals surface area contributed by atoms with Crippen molar-refractivity contribution in [1.82, 2.24) is 25.6 Å². The minimum absolute atomic E-state index is 0.0176. The van der Waals surface area contributed by atoms with Gasteiger partial charge in [0.25, 0.3) is 0 Å². The maximum atomic E-state index is 13.0. The van der Waals surface area contributed by atoms with Gasteiger partial charge in [0.05, 0.1) is 48.9 Å². The lowest BCUT2D eigenvalue weighted by Gasteiger charge is -2.37. The minimum Gasteiger partial charge on any atom is -0.474 e. The highest BCUT2D eigenvalue weighted by Gasteiger charge is 2.50. The number of ketones is 1. The molecule has 0 aromatic heterocycles. The SMILES string of the molecule is NC(=O)C(C(N)N)C(NCN[C@H]1CCCC[C@H]1[NH3+])NC1CC(C2CSC3C(=O)C=C(N4CCOCC4)OC32)NS1. The van der Waals surface area contributed by atoms with Crippen LogP contribution >= 0.6 is 23.7 Å². The van der Waals surface area contributed by atoms with Gasteiger partial charge in [0.2, 0.25) is 5.91 Å². The Morgan fingerprint density at radius 3 is 2.75 bits per heavy atom. The predicted octanol–water partition coefficient (Wildman–Crippen LogP) is -2.85. The summed E-state index contributed by atoms with van der Waals surface area (Å²) in [6, 6.07) is 0.824. The molecule has 5 aliphatic rings. The highest BCUT2D eigenvalue weighted by molar-refractivity contribution is 8.01. The zero-order valence-corrected chi connectivity index (χ0v) is 24.6. The molecule has 4 fully saturated rings. The number of hydrogen-bond acceptors (Lipinski definition) is 13. The van der Waals surface area contributed by atoms with Gasteiger partial charge >= 0.3 is 0 Å². The van der Waals surface area contributed by atoms with Crippen LogP contribution in [0.15, 0.2) is 12.0 Å². The Morgan fingerprint density at radius 1 is 1.25 bits per heavy atom. The molecule has 3 saturated heterocycles. The molecule has 15 heteroatoms. The summed E-state index contributed by atoms with van der Waals surface area (Å²) in [4.78, 5) is 27.4. The Bertz CT molecular complexity index is 925. The third-order valence-corrected chi connectivity index (χ3v) is 11.2. The topological polar surface area (TPSA) is 210 Å². The molecular formula is C25H46N9O4S2+. The molecule has 13 nitrogen and oxygen atoms in total. The first-order valence-electron chi connectivity index (χ1n) is 14.5. The molecule has 4 heterocycles. The van der Waals surface area contributed by atoms with Crippen LogP contribution in [-0.2, 0) is 19.1 Å². The largest absolute Gasteiger partial charge is 0.474 e. The Kier molecular flexibility index (Phi) is 10.5. The lowest BCUT2D eigenvalue weighted by Crippen LogP contribution is -2.71. The van der Waals surface area contributed by atoms with Gasteiger partial charge in [0.1, 0.15) is 11.4 Å². The molecular weight excluding hydrogens is 554 g/mol. The number of carbonyl (C=O) groups excluding carboxylic acids is 2. The molecule has 40 heavy (non-hydrogen) atoms. The van der Waals surface area contributed by atoms with Crippen LogP contribution in [0.3, 0.4) is 0 Å².